The van der Waals surface area contributed by atoms with Crippen LogP contribution in [0.15, 0.2) is 65.9 Å². The van der Waals surface area contributed by atoms with Crippen LogP contribution in [0.2, 0.25) is 0 Å². The molecule has 0 aliphatic heterocycles. The van der Waals surface area contributed by atoms with Crippen LogP contribution in [0, 0.1) is 17.0 Å². The van der Waals surface area contributed by atoms with Gasteiger partial charge in [-0.25, -0.2) is 20.0 Å². The van der Waals surface area contributed by atoms with Crippen molar-refractivity contribution in [3.05, 3.63) is 82.3 Å². The maximum absolute atomic E-state index is 12.3. The van der Waals surface area contributed by atoms with Crippen molar-refractivity contribution in [1.82, 2.24) is 20.0 Å². The quantitative estimate of drug-likeness (QED) is 0.241. The summed E-state index contributed by atoms with van der Waals surface area (Å²) in [5.41, 5.74) is 3.64. The molecule has 11 nitrogen and oxygen atoms in total. The van der Waals surface area contributed by atoms with E-state index >= 15 is 0 Å². The zero-order chi connectivity index (χ0) is 24.1. The van der Waals surface area contributed by atoms with Gasteiger partial charge in [0.05, 0.1) is 24.4 Å². The van der Waals surface area contributed by atoms with Gasteiger partial charge in [-0.3, -0.25) is 4.79 Å². The number of aryl methyl sites for hydroxylation is 1. The first kappa shape index (κ1) is 22.4. The number of pyridine rings is 1. The summed E-state index contributed by atoms with van der Waals surface area (Å²) < 4.78 is 12.3. The molecule has 4 rings (SSSR count). The third-order valence-corrected chi connectivity index (χ3v) is 4.91. The molecule has 4 aromatic rings. The number of amides is 1. The normalized spacial score (nSPS) is 11.0. The summed E-state index contributed by atoms with van der Waals surface area (Å²) in [7, 11) is 1.58. The van der Waals surface area contributed by atoms with Crippen LogP contribution in [-0.4, -0.2) is 38.7 Å². The minimum absolute atomic E-state index is 0.273. The van der Waals surface area contributed by atoms with Crippen molar-refractivity contribution < 1.29 is 19.2 Å². The summed E-state index contributed by atoms with van der Waals surface area (Å²) in [5.74, 6) is 1.06. The van der Waals surface area contributed by atoms with Crippen molar-refractivity contribution in [2.24, 2.45) is 5.10 Å². The van der Waals surface area contributed by atoms with Crippen molar-refractivity contribution in [3.8, 4) is 17.4 Å². The number of nitrogens with zero attached hydrogens (tertiary/aromatic N) is 5. The smallest absolute Gasteiger partial charge is 0.343 e. The van der Waals surface area contributed by atoms with Crippen LogP contribution < -0.4 is 14.9 Å². The van der Waals surface area contributed by atoms with Crippen LogP contribution in [-0.2, 0) is 11.3 Å². The summed E-state index contributed by atoms with van der Waals surface area (Å²) in [5, 5.41) is 16.0. The molecular weight excluding hydrogens is 440 g/mol. The Morgan fingerprint density at radius 1 is 1.21 bits per heavy atom. The molecule has 1 amide bonds. The molecule has 0 atom stereocenters. The highest BCUT2D eigenvalue weighted by Gasteiger charge is 2.20. The molecule has 2 aromatic carbocycles. The van der Waals surface area contributed by atoms with E-state index in [2.05, 4.69) is 20.5 Å². The largest absolute Gasteiger partial charge is 0.497 e. The fourth-order valence-electron chi connectivity index (χ4n) is 3.19. The molecule has 34 heavy (non-hydrogen) atoms. The molecule has 0 bridgehead atoms. The highest BCUT2D eigenvalue weighted by atomic mass is 16.6. The number of benzene rings is 2. The number of nitro groups is 1. The number of hydrogen-bond donors (Lipinski definition) is 1. The topological polar surface area (TPSA) is 134 Å². The molecule has 11 heteroatoms. The zero-order valence-corrected chi connectivity index (χ0v) is 18.3. The Bertz CT molecular complexity index is 1380. The molecule has 0 fully saturated rings. The van der Waals surface area contributed by atoms with E-state index in [1.807, 2.05) is 30.3 Å². The first-order chi connectivity index (χ1) is 16.4. The molecule has 0 radical (unpaired) electrons. The van der Waals surface area contributed by atoms with Crippen molar-refractivity contribution in [3.63, 3.8) is 0 Å². The number of fused-ring (bicyclic) bond motifs is 1. The lowest BCUT2D eigenvalue weighted by Crippen LogP contribution is -2.24. The van der Waals surface area contributed by atoms with Crippen LogP contribution in [0.4, 0.5) is 5.82 Å². The maximum Gasteiger partial charge on any atom is 0.343 e. The van der Waals surface area contributed by atoms with E-state index in [0.29, 0.717) is 28.8 Å². The number of hydrazone groups is 1. The summed E-state index contributed by atoms with van der Waals surface area (Å²) in [4.78, 5) is 31.3. The van der Waals surface area contributed by atoms with E-state index in [9.17, 15) is 14.9 Å². The fraction of sp³-hybridized carbons (Fsp3) is 0.130. The van der Waals surface area contributed by atoms with E-state index in [-0.39, 0.29) is 12.4 Å². The monoisotopic (exact) mass is 460 g/mol. The van der Waals surface area contributed by atoms with Gasteiger partial charge in [-0.15, -0.1) is 0 Å². The van der Waals surface area contributed by atoms with Crippen molar-refractivity contribution in [1.29, 1.82) is 0 Å². The van der Waals surface area contributed by atoms with Crippen molar-refractivity contribution in [2.45, 2.75) is 13.5 Å². The minimum Gasteiger partial charge on any atom is -0.497 e. The summed E-state index contributed by atoms with van der Waals surface area (Å²) in [6.45, 7) is 1.28. The van der Waals surface area contributed by atoms with Crippen LogP contribution in [0.3, 0.4) is 0 Å². The predicted octanol–water partition coefficient (Wildman–Crippen LogP) is 3.60. The van der Waals surface area contributed by atoms with Gasteiger partial charge in [0, 0.05) is 12.3 Å². The Labute approximate surface area is 193 Å². The number of ether oxygens (including phenoxy) is 2. The van der Waals surface area contributed by atoms with Crippen LogP contribution >= 0.6 is 0 Å². The van der Waals surface area contributed by atoms with Gasteiger partial charge in [0.1, 0.15) is 17.7 Å². The highest BCUT2D eigenvalue weighted by molar-refractivity contribution is 5.91. The molecule has 0 saturated heterocycles. The van der Waals surface area contributed by atoms with E-state index in [1.54, 1.807) is 38.3 Å². The van der Waals surface area contributed by atoms with Gasteiger partial charge in [-0.05, 0) is 41.3 Å². The van der Waals surface area contributed by atoms with E-state index < -0.39 is 10.8 Å². The number of aromatic nitrogens is 3. The lowest BCUT2D eigenvalue weighted by atomic mass is 10.1. The van der Waals surface area contributed by atoms with Gasteiger partial charge in [0.15, 0.2) is 12.4 Å². The number of nitrogens with one attached hydrogen (secondary N) is 1. The molecule has 1 N–H and O–H groups in total. The number of carbonyl (C=O) groups excluding carboxylic acids is 1. The third kappa shape index (κ3) is 4.99. The first-order valence-corrected chi connectivity index (χ1v) is 10.1. The van der Waals surface area contributed by atoms with Crippen LogP contribution in [0.1, 0.15) is 11.4 Å². The highest BCUT2D eigenvalue weighted by Crippen LogP contribution is 2.27. The summed E-state index contributed by atoms with van der Waals surface area (Å²) in [6.07, 6.45) is 2.51. The number of rotatable bonds is 8. The van der Waals surface area contributed by atoms with Gasteiger partial charge in [0.25, 0.3) is 5.91 Å². The molecule has 0 aliphatic rings. The maximum atomic E-state index is 12.3. The summed E-state index contributed by atoms with van der Waals surface area (Å²) in [6, 6.07) is 16.4. The van der Waals surface area contributed by atoms with Crippen LogP contribution in [0.25, 0.3) is 10.9 Å². The Kier molecular flexibility index (Phi) is 6.44. The third-order valence-electron chi connectivity index (χ3n) is 4.91. The van der Waals surface area contributed by atoms with Gasteiger partial charge < -0.3 is 19.6 Å². The second-order valence-electron chi connectivity index (χ2n) is 7.15. The molecule has 0 unspecified atom stereocenters. The summed E-state index contributed by atoms with van der Waals surface area (Å²) >= 11 is 0. The van der Waals surface area contributed by atoms with Gasteiger partial charge in [-0.2, -0.15) is 5.10 Å². The molecule has 0 aliphatic carbocycles. The zero-order valence-electron chi connectivity index (χ0n) is 18.3. The van der Waals surface area contributed by atoms with Crippen LogP contribution in [0.5, 0.6) is 17.4 Å². The molecular formula is C23H20N6O5. The fourth-order valence-corrected chi connectivity index (χ4v) is 3.19. The van der Waals surface area contributed by atoms with E-state index in [4.69, 9.17) is 9.47 Å². The standard InChI is InChI=1S/C23H20N6O5/c1-15-24-13-22(29(31)32)28(15)14-21(30)27-25-12-17-11-16-5-3-4-6-20(16)26-23(17)34-19-9-7-18(33-2)8-10-19/h3-13H,14H2,1-2H3,(H,27,30)/b25-12+. The predicted molar refractivity (Wildman–Crippen MR) is 124 cm³/mol. The second kappa shape index (κ2) is 9.77. The number of methoxy groups -OCH3 is 1. The van der Waals surface area contributed by atoms with Crippen molar-refractivity contribution in [2.75, 3.05) is 7.11 Å². The number of para-hydroxylation sites is 1. The molecule has 172 valence electrons. The lowest BCUT2D eigenvalue weighted by Gasteiger charge is -2.10. The second-order valence-corrected chi connectivity index (χ2v) is 7.15. The number of carbonyl (C=O) groups is 1. The minimum atomic E-state index is -0.597. The number of hydrogen-bond acceptors (Lipinski definition) is 8. The van der Waals surface area contributed by atoms with Gasteiger partial charge in [-0.1, -0.05) is 18.2 Å². The van der Waals surface area contributed by atoms with Gasteiger partial charge in [0.2, 0.25) is 5.88 Å². The molecule has 0 saturated carbocycles. The average Bonchev–Trinajstić information content (AvgIpc) is 3.20. The van der Waals surface area contributed by atoms with E-state index in [1.165, 1.54) is 10.8 Å². The SMILES string of the molecule is COc1ccc(Oc2nc3ccccc3cc2/C=N/NC(=O)Cn2c([N+](=O)[O-])cnc2C)cc1. The Balaban J connectivity index is 1.55. The Hall–Kier alpha value is -4.80. The molecule has 2 heterocycles. The number of imidazole rings is 1. The Morgan fingerprint density at radius 2 is 1.94 bits per heavy atom. The average molecular weight is 460 g/mol. The van der Waals surface area contributed by atoms with E-state index in [0.717, 1.165) is 17.1 Å². The lowest BCUT2D eigenvalue weighted by molar-refractivity contribution is -0.392. The molecule has 0 spiro atoms. The van der Waals surface area contributed by atoms with Crippen molar-refractivity contribution >= 4 is 28.8 Å². The molecule has 2 aromatic heterocycles. The Morgan fingerprint density at radius 3 is 2.68 bits per heavy atom. The first-order valence-electron chi connectivity index (χ1n) is 10.1. The van der Waals surface area contributed by atoms with Gasteiger partial charge >= 0.3 is 5.82 Å².